The molecule has 0 unspecified atom stereocenters. The average molecular weight is 486 g/mol. The lowest BCUT2D eigenvalue weighted by Gasteiger charge is -2.29. The van der Waals surface area contributed by atoms with Crippen molar-refractivity contribution in [2.75, 3.05) is 13.1 Å². The van der Waals surface area contributed by atoms with Crippen LogP contribution in [0.25, 0.3) is 28.2 Å². The third-order valence-electron chi connectivity index (χ3n) is 6.25. The minimum atomic E-state index is -4.78. The van der Waals surface area contributed by atoms with Crippen LogP contribution in [0.2, 0.25) is 0 Å². The van der Waals surface area contributed by atoms with Crippen LogP contribution in [0.3, 0.4) is 0 Å². The molecule has 182 valence electrons. The van der Waals surface area contributed by atoms with Gasteiger partial charge in [-0.1, -0.05) is 30.3 Å². The standard InChI is InChI=1S/C23H21F3N6O3/c1-12-16(21-29-28-20(35-21)15-8-10-31(11-9-15)13(2)33)22(34)32-19(27-12)17(14-6-4-3-5-7-14)18(30-32)23(24,25)26/h3-7,15,27H,8-11H2,1-2H3. The van der Waals surface area contributed by atoms with Gasteiger partial charge in [0.05, 0.1) is 5.56 Å². The molecule has 0 bridgehead atoms. The third kappa shape index (κ3) is 3.98. The van der Waals surface area contributed by atoms with Crippen molar-refractivity contribution >= 4 is 11.6 Å². The van der Waals surface area contributed by atoms with Crippen LogP contribution >= 0.6 is 0 Å². The van der Waals surface area contributed by atoms with Gasteiger partial charge >= 0.3 is 6.18 Å². The first-order chi connectivity index (χ1) is 16.6. The van der Waals surface area contributed by atoms with Crippen molar-refractivity contribution in [1.29, 1.82) is 0 Å². The van der Waals surface area contributed by atoms with Crippen LogP contribution in [0.15, 0.2) is 39.5 Å². The molecule has 0 radical (unpaired) electrons. The molecule has 1 fully saturated rings. The highest BCUT2D eigenvalue weighted by atomic mass is 19.4. The molecular formula is C23H21F3N6O3. The molecule has 1 aliphatic rings. The molecule has 12 heteroatoms. The normalized spacial score (nSPS) is 15.2. The van der Waals surface area contributed by atoms with Crippen molar-refractivity contribution in [2.24, 2.45) is 0 Å². The number of hydrogen-bond acceptors (Lipinski definition) is 6. The van der Waals surface area contributed by atoms with E-state index < -0.39 is 17.4 Å². The molecule has 0 spiro atoms. The molecule has 1 N–H and O–H groups in total. The van der Waals surface area contributed by atoms with Crippen molar-refractivity contribution < 1.29 is 22.4 Å². The van der Waals surface area contributed by atoms with Crippen molar-refractivity contribution in [3.05, 3.63) is 58.0 Å². The Hall–Kier alpha value is -3.96. The van der Waals surface area contributed by atoms with Crippen LogP contribution in [0.4, 0.5) is 13.2 Å². The van der Waals surface area contributed by atoms with E-state index in [1.165, 1.54) is 19.1 Å². The van der Waals surface area contributed by atoms with Gasteiger partial charge in [0.1, 0.15) is 11.2 Å². The fourth-order valence-corrected chi connectivity index (χ4v) is 4.46. The van der Waals surface area contributed by atoms with Gasteiger partial charge in [-0.15, -0.1) is 10.2 Å². The second-order valence-corrected chi connectivity index (χ2v) is 8.50. The summed E-state index contributed by atoms with van der Waals surface area (Å²) in [6, 6.07) is 7.95. The fraction of sp³-hybridized carbons (Fsp3) is 0.348. The Bertz CT molecular complexity index is 1460. The molecule has 1 amide bonds. The highest BCUT2D eigenvalue weighted by Crippen LogP contribution is 2.38. The second kappa shape index (κ2) is 8.36. The number of fused-ring (bicyclic) bond motifs is 1. The number of hydrogen-bond donors (Lipinski definition) is 1. The number of nitrogens with zero attached hydrogens (tertiary/aromatic N) is 5. The molecule has 0 saturated carbocycles. The van der Waals surface area contributed by atoms with Gasteiger partial charge in [0, 0.05) is 31.6 Å². The molecule has 35 heavy (non-hydrogen) atoms. The minimum absolute atomic E-state index is 0.00236. The lowest BCUT2D eigenvalue weighted by molar-refractivity contribution is -0.140. The molecule has 1 aromatic carbocycles. The van der Waals surface area contributed by atoms with E-state index in [9.17, 15) is 22.8 Å². The molecule has 0 atom stereocenters. The number of aromatic amines is 1. The molecule has 9 nitrogen and oxygen atoms in total. The average Bonchev–Trinajstić information content (AvgIpc) is 3.45. The summed E-state index contributed by atoms with van der Waals surface area (Å²) in [5, 5.41) is 11.7. The summed E-state index contributed by atoms with van der Waals surface area (Å²) in [7, 11) is 0. The number of amides is 1. The third-order valence-corrected chi connectivity index (χ3v) is 6.25. The Balaban J connectivity index is 1.59. The number of piperidine rings is 1. The van der Waals surface area contributed by atoms with E-state index in [2.05, 4.69) is 20.3 Å². The van der Waals surface area contributed by atoms with Gasteiger partial charge in [0.2, 0.25) is 11.8 Å². The van der Waals surface area contributed by atoms with E-state index in [1.807, 2.05) is 0 Å². The smallest absolute Gasteiger partial charge is 0.420 e. The number of aryl methyl sites for hydroxylation is 1. The molecule has 0 aliphatic carbocycles. The van der Waals surface area contributed by atoms with E-state index in [1.54, 1.807) is 30.0 Å². The van der Waals surface area contributed by atoms with E-state index in [4.69, 9.17) is 4.42 Å². The SMILES string of the molecule is CC(=O)N1CCC(c2nnc(-c3c(C)[nH]c4c(-c5ccccc5)c(C(F)(F)F)nn4c3=O)o2)CC1. The molecule has 3 aromatic heterocycles. The first-order valence-corrected chi connectivity index (χ1v) is 11.0. The van der Waals surface area contributed by atoms with E-state index >= 15 is 0 Å². The Morgan fingerprint density at radius 3 is 2.43 bits per heavy atom. The van der Waals surface area contributed by atoms with Crippen molar-refractivity contribution in [3.63, 3.8) is 0 Å². The van der Waals surface area contributed by atoms with Crippen LogP contribution in [-0.4, -0.2) is 48.7 Å². The number of alkyl halides is 3. The number of nitrogens with one attached hydrogen (secondary N) is 1. The molecule has 4 aromatic rings. The lowest BCUT2D eigenvalue weighted by Crippen LogP contribution is -2.36. The fourth-order valence-electron chi connectivity index (χ4n) is 4.46. The minimum Gasteiger partial charge on any atom is -0.420 e. The predicted octanol–water partition coefficient (Wildman–Crippen LogP) is 3.79. The molecule has 4 heterocycles. The van der Waals surface area contributed by atoms with Gasteiger partial charge in [0.15, 0.2) is 5.69 Å². The molecule has 5 rings (SSSR count). The van der Waals surface area contributed by atoms with Crippen molar-refractivity contribution in [2.45, 2.75) is 38.8 Å². The molecular weight excluding hydrogens is 465 g/mol. The highest BCUT2D eigenvalue weighted by Gasteiger charge is 2.39. The topological polar surface area (TPSA) is 109 Å². The Kier molecular flexibility index (Phi) is 5.45. The summed E-state index contributed by atoms with van der Waals surface area (Å²) in [4.78, 5) is 29.5. The van der Waals surface area contributed by atoms with Crippen LogP contribution in [-0.2, 0) is 11.0 Å². The lowest BCUT2D eigenvalue weighted by atomic mass is 9.97. The van der Waals surface area contributed by atoms with E-state index in [-0.39, 0.29) is 45.7 Å². The molecule has 1 aliphatic heterocycles. The Morgan fingerprint density at radius 1 is 1.11 bits per heavy atom. The Morgan fingerprint density at radius 2 is 1.80 bits per heavy atom. The van der Waals surface area contributed by atoms with Crippen molar-refractivity contribution in [1.82, 2.24) is 29.7 Å². The predicted molar refractivity (Wildman–Crippen MR) is 119 cm³/mol. The number of carbonyl (C=O) groups is 1. The number of rotatable bonds is 3. The van der Waals surface area contributed by atoms with Crippen LogP contribution in [0.1, 0.15) is 43.0 Å². The monoisotopic (exact) mass is 486 g/mol. The van der Waals surface area contributed by atoms with Gasteiger partial charge in [-0.3, -0.25) is 9.59 Å². The quantitative estimate of drug-likeness (QED) is 0.472. The number of carbonyl (C=O) groups excluding carboxylic acids is 1. The number of aromatic nitrogens is 5. The van der Waals surface area contributed by atoms with E-state index in [0.29, 0.717) is 36.3 Å². The summed E-state index contributed by atoms with van der Waals surface area (Å²) < 4.78 is 48.1. The first-order valence-electron chi connectivity index (χ1n) is 11.0. The van der Waals surface area contributed by atoms with Crippen LogP contribution < -0.4 is 5.56 Å². The van der Waals surface area contributed by atoms with Gasteiger partial charge in [-0.25, -0.2) is 0 Å². The van der Waals surface area contributed by atoms with E-state index in [0.717, 1.165) is 0 Å². The van der Waals surface area contributed by atoms with Gasteiger partial charge in [0.25, 0.3) is 11.4 Å². The maximum absolute atomic E-state index is 13.9. The number of H-pyrrole nitrogens is 1. The summed E-state index contributed by atoms with van der Waals surface area (Å²) in [5.41, 5.74) is -1.76. The zero-order chi connectivity index (χ0) is 24.9. The van der Waals surface area contributed by atoms with Crippen molar-refractivity contribution in [3.8, 4) is 22.6 Å². The van der Waals surface area contributed by atoms with Gasteiger partial charge < -0.3 is 14.3 Å². The largest absolute Gasteiger partial charge is 0.435 e. The number of halogens is 3. The maximum Gasteiger partial charge on any atom is 0.435 e. The summed E-state index contributed by atoms with van der Waals surface area (Å²) in [6.45, 7) is 4.18. The summed E-state index contributed by atoms with van der Waals surface area (Å²) >= 11 is 0. The number of likely N-dealkylation sites (tertiary alicyclic amines) is 1. The second-order valence-electron chi connectivity index (χ2n) is 8.50. The van der Waals surface area contributed by atoms with Gasteiger partial charge in [-0.2, -0.15) is 22.8 Å². The number of benzene rings is 1. The summed E-state index contributed by atoms with van der Waals surface area (Å²) in [5.74, 6) is 0.141. The molecule has 1 saturated heterocycles. The highest BCUT2D eigenvalue weighted by molar-refractivity contribution is 5.81. The first kappa shape index (κ1) is 22.8. The zero-order valence-electron chi connectivity index (χ0n) is 18.9. The zero-order valence-corrected chi connectivity index (χ0v) is 18.9. The Labute approximate surface area is 196 Å². The van der Waals surface area contributed by atoms with Gasteiger partial charge in [-0.05, 0) is 25.3 Å². The summed E-state index contributed by atoms with van der Waals surface area (Å²) in [6.07, 6.45) is -3.52. The van der Waals surface area contributed by atoms with Crippen LogP contribution in [0.5, 0.6) is 0 Å². The van der Waals surface area contributed by atoms with Crippen LogP contribution in [0, 0.1) is 6.92 Å². The maximum atomic E-state index is 13.9.